The van der Waals surface area contributed by atoms with Crippen LogP contribution < -0.4 is 10.6 Å². The highest BCUT2D eigenvalue weighted by molar-refractivity contribution is 5.93. The number of nitrogens with one attached hydrogen (secondary N) is 2. The molecule has 2 N–H and O–H groups in total. The Hall–Kier alpha value is -2.45. The molecule has 2 aromatic rings. The van der Waals surface area contributed by atoms with Crippen molar-refractivity contribution in [3.05, 3.63) is 35.9 Å². The summed E-state index contributed by atoms with van der Waals surface area (Å²) >= 11 is 0. The fourth-order valence-corrected chi connectivity index (χ4v) is 2.76. The molecule has 0 saturated heterocycles. The van der Waals surface area contributed by atoms with Crippen molar-refractivity contribution in [3.8, 4) is 0 Å². The monoisotopic (exact) mass is 356 g/mol. The van der Waals surface area contributed by atoms with Crippen LogP contribution in [0.4, 0.5) is 19.0 Å². The first-order chi connectivity index (χ1) is 11.8. The Kier molecular flexibility index (Phi) is 4.49. The highest BCUT2D eigenvalue weighted by Crippen LogP contribution is 2.43. The topological polar surface area (TPSA) is 72.1 Å². The van der Waals surface area contributed by atoms with Gasteiger partial charge in [0.1, 0.15) is 11.6 Å². The van der Waals surface area contributed by atoms with E-state index in [1.165, 1.54) is 12.3 Å². The lowest BCUT2D eigenvalue weighted by atomic mass is 10.0. The molecule has 136 valence electrons. The molecule has 2 aromatic heterocycles. The Morgan fingerprint density at radius 1 is 1.56 bits per heavy atom. The molecule has 0 aliphatic carbocycles. The largest absolute Gasteiger partial charge is 0.467 e. The van der Waals surface area contributed by atoms with Crippen LogP contribution in [-0.4, -0.2) is 27.9 Å². The molecule has 3 atom stereocenters. The molecule has 0 radical (unpaired) electrons. The normalized spacial score (nSPS) is 21.3. The number of hydrogen-bond donors (Lipinski definition) is 2. The quantitative estimate of drug-likeness (QED) is 0.877. The van der Waals surface area contributed by atoms with Crippen LogP contribution in [0.3, 0.4) is 0 Å². The molecule has 1 aliphatic rings. The molecule has 3 rings (SSSR count). The van der Waals surface area contributed by atoms with Crippen LogP contribution in [0.25, 0.3) is 0 Å². The van der Waals surface area contributed by atoms with Gasteiger partial charge in [-0.05, 0) is 25.5 Å². The fraction of sp³-hybridized carbons (Fsp3) is 0.500. The Labute approximate surface area is 142 Å². The Morgan fingerprint density at radius 2 is 2.32 bits per heavy atom. The van der Waals surface area contributed by atoms with Gasteiger partial charge in [0, 0.05) is 18.5 Å². The molecule has 9 heteroatoms. The summed E-state index contributed by atoms with van der Waals surface area (Å²) in [6.45, 7) is 3.72. The maximum Gasteiger partial charge on any atom is 0.410 e. The molecule has 3 heterocycles. The first-order valence-electron chi connectivity index (χ1n) is 8.06. The minimum atomic E-state index is -4.49. The highest BCUT2D eigenvalue weighted by Gasteiger charge is 2.47. The molecule has 0 aromatic carbocycles. The number of nitrogens with zero attached hydrogens (tertiary/aromatic N) is 2. The van der Waals surface area contributed by atoms with Gasteiger partial charge in [0.2, 0.25) is 0 Å². The zero-order valence-corrected chi connectivity index (χ0v) is 13.8. The number of amides is 1. The van der Waals surface area contributed by atoms with Crippen LogP contribution in [0, 0.1) is 0 Å². The number of furan rings is 1. The average Bonchev–Trinajstić information content (AvgIpc) is 3.21. The molecule has 0 unspecified atom stereocenters. The molecule has 0 spiro atoms. The molecule has 1 aliphatic heterocycles. The summed E-state index contributed by atoms with van der Waals surface area (Å²) in [5, 5.41) is 9.57. The second kappa shape index (κ2) is 6.45. The van der Waals surface area contributed by atoms with Crippen LogP contribution >= 0.6 is 0 Å². The van der Waals surface area contributed by atoms with Crippen molar-refractivity contribution >= 4 is 11.7 Å². The summed E-state index contributed by atoms with van der Waals surface area (Å²) < 4.78 is 46.5. The van der Waals surface area contributed by atoms with Crippen molar-refractivity contribution in [2.24, 2.45) is 0 Å². The molecule has 1 amide bonds. The minimum Gasteiger partial charge on any atom is -0.467 e. The summed E-state index contributed by atoms with van der Waals surface area (Å²) in [5.74, 6) is 0.0603. The first-order valence-corrected chi connectivity index (χ1v) is 8.06. The molecule has 6 nitrogen and oxygen atoms in total. The van der Waals surface area contributed by atoms with E-state index >= 15 is 0 Å². The number of aromatic nitrogens is 2. The predicted octanol–water partition coefficient (Wildman–Crippen LogP) is 3.66. The molecule has 25 heavy (non-hydrogen) atoms. The second-order valence-electron chi connectivity index (χ2n) is 6.15. The van der Waals surface area contributed by atoms with Gasteiger partial charge < -0.3 is 15.1 Å². The van der Waals surface area contributed by atoms with Crippen molar-refractivity contribution in [2.45, 2.75) is 51.0 Å². The third-order valence-corrected chi connectivity index (χ3v) is 4.30. The zero-order chi connectivity index (χ0) is 18.2. The van der Waals surface area contributed by atoms with E-state index in [2.05, 4.69) is 15.7 Å². The molecule has 0 saturated carbocycles. The lowest BCUT2D eigenvalue weighted by molar-refractivity contribution is -0.174. The lowest BCUT2D eigenvalue weighted by Gasteiger charge is -2.32. The summed E-state index contributed by atoms with van der Waals surface area (Å²) in [5.41, 5.74) is -0.0443. The predicted molar refractivity (Wildman–Crippen MR) is 84.2 cm³/mol. The molecule has 0 fully saturated rings. The smallest absolute Gasteiger partial charge is 0.410 e. The first kappa shape index (κ1) is 17.4. The summed E-state index contributed by atoms with van der Waals surface area (Å²) in [6, 6.07) is 2.02. The van der Waals surface area contributed by atoms with Crippen molar-refractivity contribution in [3.63, 3.8) is 0 Å². The van der Waals surface area contributed by atoms with Crippen LogP contribution in [0.1, 0.15) is 55.0 Å². The van der Waals surface area contributed by atoms with E-state index in [4.69, 9.17) is 4.42 Å². The Balaban J connectivity index is 1.92. The van der Waals surface area contributed by atoms with Gasteiger partial charge in [-0.15, -0.1) is 0 Å². The minimum absolute atomic E-state index is 0.0443. The van der Waals surface area contributed by atoms with Crippen molar-refractivity contribution in [1.82, 2.24) is 15.1 Å². The Morgan fingerprint density at radius 3 is 2.92 bits per heavy atom. The van der Waals surface area contributed by atoms with Crippen molar-refractivity contribution in [2.75, 3.05) is 5.32 Å². The van der Waals surface area contributed by atoms with Gasteiger partial charge in [-0.3, -0.25) is 4.79 Å². The van der Waals surface area contributed by atoms with E-state index in [0.717, 1.165) is 4.68 Å². The number of halogens is 3. The van der Waals surface area contributed by atoms with Gasteiger partial charge in [0.25, 0.3) is 5.91 Å². The summed E-state index contributed by atoms with van der Waals surface area (Å²) in [6.07, 6.45) is -2.63. The third-order valence-electron chi connectivity index (χ3n) is 4.30. The number of rotatable bonds is 4. The van der Waals surface area contributed by atoms with E-state index in [9.17, 15) is 18.0 Å². The maximum atomic E-state index is 13.5. The van der Waals surface area contributed by atoms with Crippen molar-refractivity contribution < 1.29 is 22.4 Å². The maximum absolute atomic E-state index is 13.5. The van der Waals surface area contributed by atoms with Gasteiger partial charge in [0.05, 0.1) is 12.3 Å². The van der Waals surface area contributed by atoms with Gasteiger partial charge in [-0.2, -0.15) is 18.3 Å². The third kappa shape index (κ3) is 3.49. The summed E-state index contributed by atoms with van der Waals surface area (Å²) in [4.78, 5) is 12.2. The van der Waals surface area contributed by atoms with Crippen LogP contribution in [-0.2, 0) is 0 Å². The number of carbonyl (C=O) groups excluding carboxylic acids is 1. The van der Waals surface area contributed by atoms with E-state index < -0.39 is 24.2 Å². The number of alkyl halides is 3. The Bertz CT molecular complexity index is 739. The van der Waals surface area contributed by atoms with E-state index in [1.54, 1.807) is 12.1 Å². The second-order valence-corrected chi connectivity index (χ2v) is 6.15. The van der Waals surface area contributed by atoms with Crippen molar-refractivity contribution in [1.29, 1.82) is 0 Å². The van der Waals surface area contributed by atoms with Crippen LogP contribution in [0.5, 0.6) is 0 Å². The molecule has 0 bridgehead atoms. The van der Waals surface area contributed by atoms with Gasteiger partial charge in [-0.1, -0.05) is 6.92 Å². The van der Waals surface area contributed by atoms with E-state index in [-0.39, 0.29) is 24.0 Å². The number of anilines is 1. The van der Waals surface area contributed by atoms with Crippen LogP contribution in [0.15, 0.2) is 28.9 Å². The highest BCUT2D eigenvalue weighted by atomic mass is 19.4. The molecular formula is C16H19F3N4O2. The van der Waals surface area contributed by atoms with Gasteiger partial charge in [0.15, 0.2) is 11.7 Å². The standard InChI is InChI=1S/C16H19F3N4O2/c1-3-9(2)20-15(24)11-8-14-21-10(12-5-4-6-25-12)7-13(16(17,18)19)23(14)22-11/h4-6,8-10,13,21H,3,7H2,1-2H3,(H,20,24)/t9-,10-,13+/m1/s1. The van der Waals surface area contributed by atoms with Gasteiger partial charge >= 0.3 is 6.18 Å². The number of hydrogen-bond acceptors (Lipinski definition) is 4. The fourth-order valence-electron chi connectivity index (χ4n) is 2.76. The lowest BCUT2D eigenvalue weighted by Crippen LogP contribution is -2.36. The van der Waals surface area contributed by atoms with Gasteiger partial charge in [-0.25, -0.2) is 4.68 Å². The van der Waals surface area contributed by atoms with E-state index in [0.29, 0.717) is 12.2 Å². The number of fused-ring (bicyclic) bond motifs is 1. The van der Waals surface area contributed by atoms with Crippen LogP contribution in [0.2, 0.25) is 0 Å². The average molecular weight is 356 g/mol. The van der Waals surface area contributed by atoms with E-state index in [1.807, 2.05) is 13.8 Å². The molecular weight excluding hydrogens is 337 g/mol. The number of carbonyl (C=O) groups is 1. The zero-order valence-electron chi connectivity index (χ0n) is 13.8. The SMILES string of the molecule is CC[C@@H](C)NC(=O)c1cc2n(n1)[C@H](C(F)(F)F)C[C@H](c1ccco1)N2. The summed E-state index contributed by atoms with van der Waals surface area (Å²) in [7, 11) is 0.